The molecule has 0 aromatic heterocycles. The molecule has 0 saturated carbocycles. The third kappa shape index (κ3) is 5.86. The van der Waals surface area contributed by atoms with Crippen molar-refractivity contribution < 1.29 is 22.8 Å². The van der Waals surface area contributed by atoms with Crippen LogP contribution in [0.1, 0.15) is 26.3 Å². The van der Waals surface area contributed by atoms with Gasteiger partial charge in [-0.2, -0.15) is 13.2 Å². The lowest BCUT2D eigenvalue weighted by atomic mass is 10.0. The molecule has 160 valence electrons. The molecule has 3 aromatic rings. The van der Waals surface area contributed by atoms with Gasteiger partial charge in [0.05, 0.1) is 16.1 Å². The van der Waals surface area contributed by atoms with E-state index in [1.54, 1.807) is 42.5 Å². The van der Waals surface area contributed by atoms with Crippen LogP contribution in [0, 0.1) is 0 Å². The van der Waals surface area contributed by atoms with Crippen molar-refractivity contribution in [1.29, 1.82) is 0 Å². The van der Waals surface area contributed by atoms with Crippen molar-refractivity contribution in [2.45, 2.75) is 6.18 Å². The van der Waals surface area contributed by atoms with E-state index in [0.29, 0.717) is 27.3 Å². The number of hydrogen-bond donors (Lipinski definition) is 2. The third-order valence-electron chi connectivity index (χ3n) is 4.48. The Morgan fingerprint density at radius 2 is 1.42 bits per heavy atom. The van der Waals surface area contributed by atoms with Crippen molar-refractivity contribution in [1.82, 2.24) is 10.6 Å². The van der Waals surface area contributed by atoms with Crippen molar-refractivity contribution in [2.24, 2.45) is 0 Å². The standard InChI is InChI=1S/C23H18ClF3N2O2/c24-20-7-2-1-6-19(20)22(31)29-13-12-28-21(30)16-10-8-15(9-11-16)17-4-3-5-18(14-17)23(25,26)27/h1-11,14H,12-13H2,(H,28,30)(H,29,31). The van der Waals surface area contributed by atoms with Crippen LogP contribution in [0.3, 0.4) is 0 Å². The summed E-state index contributed by atoms with van der Waals surface area (Å²) >= 11 is 5.96. The van der Waals surface area contributed by atoms with Crippen LogP contribution in [0.2, 0.25) is 5.02 Å². The quantitative estimate of drug-likeness (QED) is 0.512. The maximum absolute atomic E-state index is 12.9. The average molecular weight is 447 g/mol. The van der Waals surface area contributed by atoms with Crippen LogP contribution in [0.15, 0.2) is 72.8 Å². The van der Waals surface area contributed by atoms with E-state index in [0.717, 1.165) is 12.1 Å². The first-order valence-corrected chi connectivity index (χ1v) is 9.72. The van der Waals surface area contributed by atoms with Gasteiger partial charge in [0.2, 0.25) is 0 Å². The first kappa shape index (κ1) is 22.4. The second-order valence-corrected chi connectivity index (χ2v) is 7.05. The number of alkyl halides is 3. The molecule has 4 nitrogen and oxygen atoms in total. The van der Waals surface area contributed by atoms with Gasteiger partial charge in [-0.3, -0.25) is 9.59 Å². The maximum atomic E-state index is 12.9. The van der Waals surface area contributed by atoms with Crippen LogP contribution in [-0.2, 0) is 6.18 Å². The summed E-state index contributed by atoms with van der Waals surface area (Å²) in [6, 6.07) is 17.9. The fourth-order valence-corrected chi connectivity index (χ4v) is 3.11. The second-order valence-electron chi connectivity index (χ2n) is 6.65. The van der Waals surface area contributed by atoms with E-state index in [9.17, 15) is 22.8 Å². The lowest BCUT2D eigenvalue weighted by molar-refractivity contribution is -0.137. The zero-order valence-electron chi connectivity index (χ0n) is 16.2. The average Bonchev–Trinajstić information content (AvgIpc) is 2.76. The molecular formula is C23H18ClF3N2O2. The highest BCUT2D eigenvalue weighted by molar-refractivity contribution is 6.33. The van der Waals surface area contributed by atoms with Gasteiger partial charge in [0.15, 0.2) is 0 Å². The van der Waals surface area contributed by atoms with E-state index >= 15 is 0 Å². The molecule has 0 aliphatic heterocycles. The molecule has 31 heavy (non-hydrogen) atoms. The number of carbonyl (C=O) groups is 2. The summed E-state index contributed by atoms with van der Waals surface area (Å²) in [6.07, 6.45) is -4.42. The molecule has 0 aliphatic rings. The first-order valence-electron chi connectivity index (χ1n) is 9.34. The molecule has 0 unspecified atom stereocenters. The molecule has 2 N–H and O–H groups in total. The number of amides is 2. The van der Waals surface area contributed by atoms with Crippen molar-refractivity contribution in [3.8, 4) is 11.1 Å². The fourth-order valence-electron chi connectivity index (χ4n) is 2.88. The lowest BCUT2D eigenvalue weighted by Gasteiger charge is -2.10. The SMILES string of the molecule is O=C(NCCNC(=O)c1ccccc1Cl)c1ccc(-c2cccc(C(F)(F)F)c2)cc1. The fraction of sp³-hybridized carbons (Fsp3) is 0.130. The van der Waals surface area contributed by atoms with Crippen LogP contribution in [0.25, 0.3) is 11.1 Å². The number of rotatable bonds is 6. The second kappa shape index (κ2) is 9.66. The van der Waals surface area contributed by atoms with E-state index in [-0.39, 0.29) is 24.9 Å². The zero-order chi connectivity index (χ0) is 22.4. The number of halogens is 4. The monoisotopic (exact) mass is 446 g/mol. The molecule has 8 heteroatoms. The molecule has 0 fully saturated rings. The van der Waals surface area contributed by atoms with Crippen LogP contribution < -0.4 is 10.6 Å². The Morgan fingerprint density at radius 3 is 2.06 bits per heavy atom. The largest absolute Gasteiger partial charge is 0.416 e. The highest BCUT2D eigenvalue weighted by atomic mass is 35.5. The molecule has 0 heterocycles. The third-order valence-corrected chi connectivity index (χ3v) is 4.81. The van der Waals surface area contributed by atoms with Crippen molar-refractivity contribution in [3.05, 3.63) is 94.5 Å². The Morgan fingerprint density at radius 1 is 0.774 bits per heavy atom. The molecule has 3 rings (SSSR count). The van der Waals surface area contributed by atoms with E-state index in [4.69, 9.17) is 11.6 Å². The first-order chi connectivity index (χ1) is 14.8. The minimum Gasteiger partial charge on any atom is -0.350 e. The molecule has 0 bridgehead atoms. The Hall–Kier alpha value is -3.32. The van der Waals surface area contributed by atoms with Gasteiger partial charge in [-0.05, 0) is 47.5 Å². The normalized spacial score (nSPS) is 11.1. The van der Waals surface area contributed by atoms with Crippen LogP contribution >= 0.6 is 11.6 Å². The minimum atomic E-state index is -4.42. The summed E-state index contributed by atoms with van der Waals surface area (Å²) in [5.74, 6) is -0.701. The van der Waals surface area contributed by atoms with E-state index in [1.807, 2.05) is 0 Å². The van der Waals surface area contributed by atoms with Gasteiger partial charge in [0, 0.05) is 18.7 Å². The highest BCUT2D eigenvalue weighted by Crippen LogP contribution is 2.32. The van der Waals surface area contributed by atoms with Crippen molar-refractivity contribution in [2.75, 3.05) is 13.1 Å². The summed E-state index contributed by atoms with van der Waals surface area (Å²) in [6.45, 7) is 0.405. The number of carbonyl (C=O) groups excluding carboxylic acids is 2. The molecule has 0 atom stereocenters. The number of benzene rings is 3. The maximum Gasteiger partial charge on any atom is 0.416 e. The van der Waals surface area contributed by atoms with E-state index in [1.165, 1.54) is 18.2 Å². The summed E-state index contributed by atoms with van der Waals surface area (Å²) in [7, 11) is 0. The number of nitrogens with one attached hydrogen (secondary N) is 2. The van der Waals surface area contributed by atoms with Gasteiger partial charge in [-0.1, -0.05) is 48.0 Å². The van der Waals surface area contributed by atoms with Gasteiger partial charge >= 0.3 is 6.18 Å². The zero-order valence-corrected chi connectivity index (χ0v) is 16.9. The summed E-state index contributed by atoms with van der Waals surface area (Å²) in [5, 5.41) is 5.68. The topological polar surface area (TPSA) is 58.2 Å². The van der Waals surface area contributed by atoms with Crippen LogP contribution in [-0.4, -0.2) is 24.9 Å². The Kier molecular flexibility index (Phi) is 6.97. The minimum absolute atomic E-state index is 0.199. The molecule has 3 aromatic carbocycles. The lowest BCUT2D eigenvalue weighted by Crippen LogP contribution is -2.34. The van der Waals surface area contributed by atoms with E-state index < -0.39 is 11.7 Å². The summed E-state index contributed by atoms with van der Waals surface area (Å²) in [4.78, 5) is 24.3. The Bertz CT molecular complexity index is 1080. The Labute approximate surface area is 182 Å². The predicted molar refractivity (Wildman–Crippen MR) is 113 cm³/mol. The molecule has 0 aliphatic carbocycles. The van der Waals surface area contributed by atoms with Gasteiger partial charge in [0.25, 0.3) is 11.8 Å². The van der Waals surface area contributed by atoms with Gasteiger partial charge < -0.3 is 10.6 Å². The highest BCUT2D eigenvalue weighted by Gasteiger charge is 2.30. The van der Waals surface area contributed by atoms with E-state index in [2.05, 4.69) is 10.6 Å². The van der Waals surface area contributed by atoms with Gasteiger partial charge in [0.1, 0.15) is 0 Å². The summed E-state index contributed by atoms with van der Waals surface area (Å²) < 4.78 is 38.6. The smallest absolute Gasteiger partial charge is 0.350 e. The van der Waals surface area contributed by atoms with Gasteiger partial charge in [-0.15, -0.1) is 0 Å². The molecule has 2 amide bonds. The Balaban J connectivity index is 1.54. The van der Waals surface area contributed by atoms with Gasteiger partial charge in [-0.25, -0.2) is 0 Å². The molecule has 0 spiro atoms. The van der Waals surface area contributed by atoms with Crippen LogP contribution in [0.4, 0.5) is 13.2 Å². The van der Waals surface area contributed by atoms with Crippen molar-refractivity contribution in [3.63, 3.8) is 0 Å². The van der Waals surface area contributed by atoms with Crippen molar-refractivity contribution >= 4 is 23.4 Å². The summed E-state index contributed by atoms with van der Waals surface area (Å²) in [5.41, 5.74) is 0.943. The molecule has 0 saturated heterocycles. The molecular weight excluding hydrogens is 429 g/mol. The number of hydrogen-bond acceptors (Lipinski definition) is 2. The predicted octanol–water partition coefficient (Wildman–Crippen LogP) is 5.19. The van der Waals surface area contributed by atoms with Crippen LogP contribution in [0.5, 0.6) is 0 Å². The molecule has 0 radical (unpaired) electrons.